The second-order valence-electron chi connectivity index (χ2n) is 12.7. The molecule has 50 heavy (non-hydrogen) atoms. The van der Waals surface area contributed by atoms with E-state index in [9.17, 15) is 0 Å². The van der Waals surface area contributed by atoms with Crippen molar-refractivity contribution in [3.63, 3.8) is 0 Å². The maximum atomic E-state index is 9.02. The van der Waals surface area contributed by atoms with Crippen molar-refractivity contribution in [2.45, 2.75) is 17.3 Å². The molecule has 0 aliphatic rings. The van der Waals surface area contributed by atoms with E-state index in [0.29, 0.717) is 16.9 Å². The zero-order chi connectivity index (χ0) is 35.7. The second kappa shape index (κ2) is 15.1. The molecule has 0 fully saturated rings. The number of pyridine rings is 2. The molecule has 1 radical (unpaired) electrons. The van der Waals surface area contributed by atoms with Crippen molar-refractivity contribution in [1.82, 2.24) is 9.97 Å². The van der Waals surface area contributed by atoms with Gasteiger partial charge in [-0.1, -0.05) is 60.0 Å². The Morgan fingerprint density at radius 1 is 0.760 bits per heavy atom. The van der Waals surface area contributed by atoms with Crippen molar-refractivity contribution in [1.29, 1.82) is 5.26 Å². The van der Waals surface area contributed by atoms with Crippen molar-refractivity contribution in [3.05, 3.63) is 145 Å². The average Bonchev–Trinajstić information content (AvgIpc) is 3.53. The van der Waals surface area contributed by atoms with Gasteiger partial charge < -0.3 is 4.98 Å². The van der Waals surface area contributed by atoms with E-state index in [-0.39, 0.29) is 32.2 Å². The molecule has 0 saturated heterocycles. The van der Waals surface area contributed by atoms with Crippen LogP contribution in [0.5, 0.6) is 5.75 Å². The number of rotatable bonds is 5. The molecule has 0 atom stereocenters. The van der Waals surface area contributed by atoms with E-state index < -0.39 is 13.3 Å². The number of nitriles is 1. The Hall–Kier alpha value is -4.64. The minimum absolute atomic E-state index is 0. The Morgan fingerprint density at radius 2 is 1.50 bits per heavy atom. The molecular weight excluding hydrogens is 871 g/mol. The summed E-state index contributed by atoms with van der Waals surface area (Å²) in [6, 6.07) is 43.3. The third kappa shape index (κ3) is 7.57. The summed E-state index contributed by atoms with van der Waals surface area (Å²) in [5, 5.41) is 13.8. The first-order valence-corrected chi connectivity index (χ1v) is 24.1. The van der Waals surface area contributed by atoms with E-state index in [2.05, 4.69) is 106 Å². The second-order valence-corrected chi connectivity index (χ2v) is 24.5. The van der Waals surface area contributed by atoms with Gasteiger partial charge >= 0.3 is 114 Å². The summed E-state index contributed by atoms with van der Waals surface area (Å²) in [5.41, 5.74) is 6.35. The minimum Gasteiger partial charge on any atom is 0 e. The number of ether oxygens (including phenoxy) is 1. The van der Waals surface area contributed by atoms with Crippen LogP contribution in [0.3, 0.4) is 0 Å². The number of fused-ring (bicyclic) bond motifs is 4. The summed E-state index contributed by atoms with van der Waals surface area (Å²) in [7, 11) is 1.50. The largest absolute Gasteiger partial charge is 0 e. The van der Waals surface area contributed by atoms with Crippen LogP contribution in [0.25, 0.3) is 64.6 Å². The van der Waals surface area contributed by atoms with Crippen molar-refractivity contribution in [3.8, 4) is 45.5 Å². The SMILES string of the molecule is N#Cc1ccc(-c2ccc3c(c2)sc2c[c-]c(-c4cc5ccccc5cn4)cc23)cc1.[2H]c1[c-]c(-c2cc[c]([Ge]([CH3])([CH3])[CH3])cn2)cc(OC)c1[2H].[Ir]. The Bertz CT molecular complexity index is 2600. The number of benzene rings is 5. The first-order valence-electron chi connectivity index (χ1n) is 16.9. The van der Waals surface area contributed by atoms with E-state index in [1.54, 1.807) is 17.4 Å². The van der Waals surface area contributed by atoms with Gasteiger partial charge in [-0.05, 0) is 55.9 Å². The molecule has 0 N–H and O–H groups in total. The fourth-order valence-electron chi connectivity index (χ4n) is 5.62. The summed E-state index contributed by atoms with van der Waals surface area (Å²) in [6.07, 6.45) is 3.85. The summed E-state index contributed by atoms with van der Waals surface area (Å²) >= 11 is -0.0734. The molecule has 3 heterocycles. The van der Waals surface area contributed by atoms with Gasteiger partial charge in [0.25, 0.3) is 0 Å². The van der Waals surface area contributed by atoms with Crippen LogP contribution in [-0.2, 0) is 20.1 Å². The van der Waals surface area contributed by atoms with E-state index in [1.807, 2.05) is 48.8 Å². The predicted octanol–water partition coefficient (Wildman–Crippen LogP) is 10.7. The van der Waals surface area contributed by atoms with Crippen molar-refractivity contribution in [2.24, 2.45) is 0 Å². The molecule has 0 aliphatic heterocycles. The van der Waals surface area contributed by atoms with Crippen molar-refractivity contribution in [2.75, 3.05) is 7.11 Å². The van der Waals surface area contributed by atoms with Crippen LogP contribution in [-0.4, -0.2) is 30.3 Å². The van der Waals surface area contributed by atoms with Crippen LogP contribution in [0.1, 0.15) is 8.30 Å². The molecule has 8 rings (SSSR count). The summed E-state index contributed by atoms with van der Waals surface area (Å²) in [4.78, 5) is 9.14. The van der Waals surface area contributed by atoms with Crippen LogP contribution >= 0.6 is 11.3 Å². The predicted molar refractivity (Wildman–Crippen MR) is 207 cm³/mol. The van der Waals surface area contributed by atoms with Gasteiger partial charge in [-0.15, -0.1) is 23.8 Å². The van der Waals surface area contributed by atoms with Crippen molar-refractivity contribution >= 4 is 59.9 Å². The molecule has 0 aliphatic carbocycles. The molecule has 4 nitrogen and oxygen atoms in total. The minimum atomic E-state index is -1.85. The Kier molecular flexibility index (Phi) is 9.82. The number of aromatic nitrogens is 2. The average molecular weight is 907 g/mol. The van der Waals surface area contributed by atoms with E-state index >= 15 is 0 Å². The molecule has 0 unspecified atom stereocenters. The molecule has 0 saturated carbocycles. The number of methoxy groups -OCH3 is 1. The Morgan fingerprint density at radius 3 is 2.22 bits per heavy atom. The van der Waals surface area contributed by atoms with Gasteiger partial charge in [0.05, 0.1) is 11.6 Å². The van der Waals surface area contributed by atoms with Gasteiger partial charge in [-0.25, -0.2) is 0 Å². The maximum Gasteiger partial charge on any atom is 0 e. The van der Waals surface area contributed by atoms with Crippen LogP contribution in [0.15, 0.2) is 128 Å². The van der Waals surface area contributed by atoms with E-state index in [0.717, 1.165) is 33.5 Å². The molecule has 5 aromatic carbocycles. The summed E-state index contributed by atoms with van der Waals surface area (Å²) in [6.45, 7) is 0. The monoisotopic (exact) mass is 908 g/mol. The van der Waals surface area contributed by atoms with Gasteiger partial charge in [0.1, 0.15) is 0 Å². The third-order valence-corrected chi connectivity index (χ3v) is 13.8. The van der Waals surface area contributed by atoms with Crippen LogP contribution in [0, 0.1) is 23.5 Å². The number of nitrogens with zero attached hydrogens (tertiary/aromatic N) is 3. The molecule has 0 amide bonds. The van der Waals surface area contributed by atoms with Gasteiger partial charge in [-0.3, -0.25) is 0 Å². The molecule has 7 heteroatoms. The first-order chi connectivity index (χ1) is 24.6. The van der Waals surface area contributed by atoms with Gasteiger partial charge in [0.15, 0.2) is 0 Å². The summed E-state index contributed by atoms with van der Waals surface area (Å²) in [5.74, 6) is 7.34. The van der Waals surface area contributed by atoms with Crippen LogP contribution in [0.4, 0.5) is 0 Å². The third-order valence-electron chi connectivity index (χ3n) is 8.44. The topological polar surface area (TPSA) is 58.8 Å². The van der Waals surface area contributed by atoms with E-state index in [4.69, 9.17) is 12.7 Å². The number of hydrogen-bond donors (Lipinski definition) is 0. The smallest absolute Gasteiger partial charge is 0 e. The normalized spacial score (nSPS) is 11.6. The zero-order valence-electron chi connectivity index (χ0n) is 30.0. The van der Waals surface area contributed by atoms with Crippen LogP contribution < -0.4 is 9.13 Å². The van der Waals surface area contributed by atoms with Gasteiger partial charge in [0, 0.05) is 31.0 Å². The van der Waals surface area contributed by atoms with E-state index in [1.165, 1.54) is 37.1 Å². The quantitative estimate of drug-likeness (QED) is 0.128. The van der Waals surface area contributed by atoms with Crippen molar-refractivity contribution < 1.29 is 27.6 Å². The molecule has 247 valence electrons. The number of thiophene rings is 1. The maximum absolute atomic E-state index is 9.02. The fraction of sp³-hybridized carbons (Fsp3) is 0.0930. The molecular formula is C43H33GeIrN3OS-2. The summed E-state index contributed by atoms with van der Waals surface area (Å²) < 4.78 is 24.4. The fourth-order valence-corrected chi connectivity index (χ4v) is 8.90. The molecule has 3 aromatic heterocycles. The zero-order valence-corrected chi connectivity index (χ0v) is 33.3. The first kappa shape index (κ1) is 32.6. The number of hydrogen-bond acceptors (Lipinski definition) is 5. The molecule has 0 spiro atoms. The Balaban J connectivity index is 0.000000193. The molecule has 0 bridgehead atoms. The van der Waals surface area contributed by atoms with Gasteiger partial charge in [0.2, 0.25) is 0 Å². The standard InChI is InChI=1S/C28H15N2S.C15H18GeNO.Ir/c29-16-18-5-7-19(8-6-18)21-9-11-24-25-13-22(10-12-27(25)31-28(24)15-21)26-14-20-3-1-2-4-23(20)17-30-26;1-16(2,3)13-8-9-15(17-11-13)12-6-5-7-14(10-12)18-4;/h1-9,11-15,17H;5,7-11H,1-4H3;/q2*-1;/i;5D,7D;. The van der Waals surface area contributed by atoms with Gasteiger partial charge in [-0.2, -0.15) is 16.6 Å². The Labute approximate surface area is 316 Å². The van der Waals surface area contributed by atoms with Crippen LogP contribution in [0.2, 0.25) is 17.3 Å². The molecule has 8 aromatic rings.